The number of rotatable bonds is 3. The molecule has 20 heavy (non-hydrogen) atoms. The summed E-state index contributed by atoms with van der Waals surface area (Å²) in [5, 5.41) is 3.26. The SMILES string of the molecule is Cc1cc(Br)cc2[nH]c(CNC3CCS(=O)(=O)C3)nc12. The molecule has 1 aromatic heterocycles. The summed E-state index contributed by atoms with van der Waals surface area (Å²) in [6.45, 7) is 2.58. The number of fused-ring (bicyclic) bond motifs is 1. The Bertz CT molecular complexity index is 754. The van der Waals surface area contributed by atoms with E-state index in [1.165, 1.54) is 0 Å². The number of halogens is 1. The predicted octanol–water partition coefficient (Wildman–Crippen LogP) is 1.91. The van der Waals surface area contributed by atoms with E-state index < -0.39 is 9.84 Å². The number of imidazole rings is 1. The summed E-state index contributed by atoms with van der Waals surface area (Å²) < 4.78 is 23.8. The molecule has 0 spiro atoms. The van der Waals surface area contributed by atoms with Crippen molar-refractivity contribution >= 4 is 36.8 Å². The lowest BCUT2D eigenvalue weighted by atomic mass is 10.2. The molecule has 0 saturated carbocycles. The fraction of sp³-hybridized carbons (Fsp3) is 0.462. The Kier molecular flexibility index (Phi) is 3.60. The van der Waals surface area contributed by atoms with Gasteiger partial charge in [-0.2, -0.15) is 0 Å². The molecular weight excluding hydrogens is 342 g/mol. The quantitative estimate of drug-likeness (QED) is 0.879. The number of hydrogen-bond donors (Lipinski definition) is 2. The molecule has 0 bridgehead atoms. The van der Waals surface area contributed by atoms with E-state index in [1.807, 2.05) is 19.1 Å². The first-order chi connectivity index (χ1) is 9.43. The number of H-pyrrole nitrogens is 1. The van der Waals surface area contributed by atoms with E-state index in [-0.39, 0.29) is 17.5 Å². The predicted molar refractivity (Wildman–Crippen MR) is 82.4 cm³/mol. The van der Waals surface area contributed by atoms with Crippen LogP contribution in [0.5, 0.6) is 0 Å². The number of aromatic amines is 1. The minimum absolute atomic E-state index is 0.0426. The van der Waals surface area contributed by atoms with Gasteiger partial charge < -0.3 is 10.3 Å². The van der Waals surface area contributed by atoms with Crippen LogP contribution in [0.2, 0.25) is 0 Å². The van der Waals surface area contributed by atoms with Crippen LogP contribution in [-0.2, 0) is 16.4 Å². The number of benzene rings is 1. The molecule has 5 nitrogen and oxygen atoms in total. The fourth-order valence-electron chi connectivity index (χ4n) is 2.58. The minimum atomic E-state index is -2.84. The van der Waals surface area contributed by atoms with Gasteiger partial charge in [-0.05, 0) is 31.0 Å². The van der Waals surface area contributed by atoms with Gasteiger partial charge in [0.2, 0.25) is 0 Å². The summed E-state index contributed by atoms with van der Waals surface area (Å²) >= 11 is 3.47. The standard InChI is InChI=1S/C13H16BrN3O2S/c1-8-4-9(14)5-11-13(8)17-12(16-11)6-15-10-2-3-20(18,19)7-10/h4-5,10,15H,2-3,6-7H2,1H3,(H,16,17). The number of aryl methyl sites for hydroxylation is 1. The topological polar surface area (TPSA) is 74.8 Å². The van der Waals surface area contributed by atoms with Crippen molar-refractivity contribution in [2.45, 2.75) is 25.9 Å². The molecule has 1 aliphatic rings. The van der Waals surface area contributed by atoms with Crippen LogP contribution in [0.4, 0.5) is 0 Å². The van der Waals surface area contributed by atoms with Gasteiger partial charge in [0.25, 0.3) is 0 Å². The van der Waals surface area contributed by atoms with Gasteiger partial charge in [0.05, 0.1) is 29.1 Å². The molecule has 1 saturated heterocycles. The molecule has 0 radical (unpaired) electrons. The van der Waals surface area contributed by atoms with Gasteiger partial charge in [0.15, 0.2) is 9.84 Å². The molecule has 3 rings (SSSR count). The first-order valence-corrected chi connectivity index (χ1v) is 9.13. The highest BCUT2D eigenvalue weighted by atomic mass is 79.9. The van der Waals surface area contributed by atoms with Crippen molar-refractivity contribution in [1.29, 1.82) is 0 Å². The van der Waals surface area contributed by atoms with E-state index in [9.17, 15) is 8.42 Å². The highest BCUT2D eigenvalue weighted by molar-refractivity contribution is 9.10. The second-order valence-corrected chi connectivity index (χ2v) is 8.43. The zero-order valence-corrected chi connectivity index (χ0v) is 13.5. The Morgan fingerprint density at radius 2 is 2.30 bits per heavy atom. The average Bonchev–Trinajstić information content (AvgIpc) is 2.90. The Morgan fingerprint density at radius 3 is 3.00 bits per heavy atom. The molecule has 2 heterocycles. The first-order valence-electron chi connectivity index (χ1n) is 6.51. The largest absolute Gasteiger partial charge is 0.341 e. The van der Waals surface area contributed by atoms with Gasteiger partial charge in [-0.1, -0.05) is 15.9 Å². The highest BCUT2D eigenvalue weighted by Gasteiger charge is 2.27. The molecular formula is C13H16BrN3O2S. The molecule has 1 fully saturated rings. The summed E-state index contributed by atoms with van der Waals surface area (Å²) in [6.07, 6.45) is 0.688. The molecule has 108 valence electrons. The van der Waals surface area contributed by atoms with Gasteiger partial charge in [-0.25, -0.2) is 13.4 Å². The maximum absolute atomic E-state index is 11.4. The summed E-state index contributed by atoms with van der Waals surface area (Å²) in [5.74, 6) is 1.36. The van der Waals surface area contributed by atoms with Crippen LogP contribution >= 0.6 is 15.9 Å². The third-order valence-corrected chi connectivity index (χ3v) is 5.81. The maximum atomic E-state index is 11.4. The lowest BCUT2D eigenvalue weighted by molar-refractivity contribution is 0.544. The van der Waals surface area contributed by atoms with Gasteiger partial charge in [0, 0.05) is 10.5 Å². The summed E-state index contributed by atoms with van der Waals surface area (Å²) in [4.78, 5) is 7.83. The number of nitrogens with one attached hydrogen (secondary N) is 2. The van der Waals surface area contributed by atoms with Crippen molar-refractivity contribution in [3.8, 4) is 0 Å². The molecule has 2 N–H and O–H groups in total. The molecule has 0 amide bonds. The molecule has 1 aliphatic heterocycles. The molecule has 7 heteroatoms. The molecule has 1 aromatic carbocycles. The Hall–Kier alpha value is -0.920. The van der Waals surface area contributed by atoms with Crippen molar-refractivity contribution in [1.82, 2.24) is 15.3 Å². The van der Waals surface area contributed by atoms with Gasteiger partial charge in [-0.15, -0.1) is 0 Å². The van der Waals surface area contributed by atoms with Crippen LogP contribution in [0.25, 0.3) is 11.0 Å². The number of hydrogen-bond acceptors (Lipinski definition) is 4. The van der Waals surface area contributed by atoms with Crippen molar-refractivity contribution in [2.24, 2.45) is 0 Å². The van der Waals surface area contributed by atoms with E-state index in [4.69, 9.17) is 0 Å². The third-order valence-electron chi connectivity index (χ3n) is 3.58. The molecule has 1 atom stereocenters. The fourth-order valence-corrected chi connectivity index (χ4v) is 4.86. The molecule has 1 unspecified atom stereocenters. The summed E-state index contributed by atoms with van der Waals surface area (Å²) in [5.41, 5.74) is 3.07. The minimum Gasteiger partial charge on any atom is -0.341 e. The number of aromatic nitrogens is 2. The second kappa shape index (κ2) is 5.13. The van der Waals surface area contributed by atoms with E-state index >= 15 is 0 Å². The highest BCUT2D eigenvalue weighted by Crippen LogP contribution is 2.22. The van der Waals surface area contributed by atoms with E-state index in [2.05, 4.69) is 31.2 Å². The monoisotopic (exact) mass is 357 g/mol. The van der Waals surface area contributed by atoms with E-state index in [0.29, 0.717) is 13.0 Å². The molecule has 2 aromatic rings. The Balaban J connectivity index is 1.74. The zero-order chi connectivity index (χ0) is 14.3. The van der Waals surface area contributed by atoms with E-state index in [1.54, 1.807) is 0 Å². The van der Waals surface area contributed by atoms with Gasteiger partial charge >= 0.3 is 0 Å². The van der Waals surface area contributed by atoms with Gasteiger partial charge in [-0.3, -0.25) is 0 Å². The van der Waals surface area contributed by atoms with E-state index in [0.717, 1.165) is 26.9 Å². The summed E-state index contributed by atoms with van der Waals surface area (Å²) in [7, 11) is -2.84. The van der Waals surface area contributed by atoms with Crippen LogP contribution in [0.15, 0.2) is 16.6 Å². The smallest absolute Gasteiger partial charge is 0.151 e. The normalized spacial score (nSPS) is 21.6. The number of sulfone groups is 1. The Morgan fingerprint density at radius 1 is 1.50 bits per heavy atom. The second-order valence-electron chi connectivity index (χ2n) is 5.28. The van der Waals surface area contributed by atoms with Crippen LogP contribution < -0.4 is 5.32 Å². The van der Waals surface area contributed by atoms with Crippen LogP contribution in [0.1, 0.15) is 17.8 Å². The Labute approximate surface area is 126 Å². The van der Waals surface area contributed by atoms with Crippen LogP contribution in [0.3, 0.4) is 0 Å². The lowest BCUT2D eigenvalue weighted by Gasteiger charge is -2.08. The first kappa shape index (κ1) is 14.0. The molecule has 0 aliphatic carbocycles. The lowest BCUT2D eigenvalue weighted by Crippen LogP contribution is -2.29. The van der Waals surface area contributed by atoms with Crippen molar-refractivity contribution < 1.29 is 8.42 Å². The van der Waals surface area contributed by atoms with Crippen molar-refractivity contribution in [2.75, 3.05) is 11.5 Å². The van der Waals surface area contributed by atoms with Crippen LogP contribution in [-0.4, -0.2) is 35.9 Å². The maximum Gasteiger partial charge on any atom is 0.151 e. The van der Waals surface area contributed by atoms with Crippen molar-refractivity contribution in [3.63, 3.8) is 0 Å². The van der Waals surface area contributed by atoms with Crippen molar-refractivity contribution in [3.05, 3.63) is 28.0 Å². The zero-order valence-electron chi connectivity index (χ0n) is 11.1. The van der Waals surface area contributed by atoms with Crippen LogP contribution in [0, 0.1) is 6.92 Å². The summed E-state index contributed by atoms with van der Waals surface area (Å²) in [6, 6.07) is 4.07. The average molecular weight is 358 g/mol. The third kappa shape index (κ3) is 2.89. The number of nitrogens with zero attached hydrogens (tertiary/aromatic N) is 1. The van der Waals surface area contributed by atoms with Gasteiger partial charge in [0.1, 0.15) is 5.82 Å².